The maximum atomic E-state index is 15.1. The largest absolute Gasteiger partial charge is 0.458 e. The van der Waals surface area contributed by atoms with Gasteiger partial charge in [0.15, 0.2) is 5.60 Å². The third-order valence-corrected chi connectivity index (χ3v) is 8.98. The molecule has 3 atom stereocenters. The van der Waals surface area contributed by atoms with E-state index < -0.39 is 11.6 Å². The van der Waals surface area contributed by atoms with Gasteiger partial charge in [0.1, 0.15) is 12.4 Å². The van der Waals surface area contributed by atoms with Crippen LogP contribution < -0.4 is 5.56 Å². The molecule has 0 bridgehead atoms. The van der Waals surface area contributed by atoms with Gasteiger partial charge in [-0.25, -0.2) is 14.2 Å². The van der Waals surface area contributed by atoms with Gasteiger partial charge in [-0.05, 0) is 69.5 Å². The Labute approximate surface area is 219 Å². The lowest BCUT2D eigenvalue weighted by atomic mass is 9.74. The Balaban J connectivity index is 1.67. The fourth-order valence-electron chi connectivity index (χ4n) is 6.93. The molecule has 0 spiro atoms. The number of esters is 1. The fraction of sp³-hybridized carbons (Fsp3) is 0.483. The van der Waals surface area contributed by atoms with Crippen LogP contribution in [0.5, 0.6) is 0 Å². The first-order valence-electron chi connectivity index (χ1n) is 13.2. The van der Waals surface area contributed by atoms with E-state index in [1.165, 1.54) is 6.07 Å². The Morgan fingerprint density at radius 1 is 1.26 bits per heavy atom. The first-order chi connectivity index (χ1) is 18.1. The monoisotopic (exact) mass is 521 g/mol. The third kappa shape index (κ3) is 3.28. The van der Waals surface area contributed by atoms with E-state index in [0.717, 1.165) is 28.5 Å². The summed E-state index contributed by atoms with van der Waals surface area (Å²) in [4.78, 5) is 33.3. The van der Waals surface area contributed by atoms with Gasteiger partial charge in [0.2, 0.25) is 0 Å². The zero-order chi connectivity index (χ0) is 27.1. The summed E-state index contributed by atoms with van der Waals surface area (Å²) in [6.45, 7) is 3.62. The molecule has 2 N–H and O–H groups in total. The van der Waals surface area contributed by atoms with E-state index in [4.69, 9.17) is 9.72 Å². The van der Waals surface area contributed by atoms with Crippen molar-refractivity contribution < 1.29 is 24.1 Å². The number of likely N-dealkylation sites (N-methyl/N-ethyl adjacent to an activating group) is 1. The van der Waals surface area contributed by atoms with E-state index in [1.807, 2.05) is 14.1 Å². The van der Waals surface area contributed by atoms with Gasteiger partial charge in [0, 0.05) is 41.1 Å². The Morgan fingerprint density at radius 2 is 2.03 bits per heavy atom. The van der Waals surface area contributed by atoms with Crippen molar-refractivity contribution in [2.45, 2.75) is 70.2 Å². The van der Waals surface area contributed by atoms with E-state index in [-0.39, 0.29) is 54.1 Å². The molecule has 0 fully saturated rings. The van der Waals surface area contributed by atoms with Crippen LogP contribution >= 0.6 is 0 Å². The lowest BCUT2D eigenvalue weighted by Crippen LogP contribution is -2.44. The molecule has 4 heterocycles. The normalized spacial score (nSPS) is 22.3. The molecular formula is C29H32FN3O5. The van der Waals surface area contributed by atoms with Crippen molar-refractivity contribution in [1.29, 1.82) is 0 Å². The molecule has 9 heteroatoms. The first-order valence-corrected chi connectivity index (χ1v) is 13.2. The summed E-state index contributed by atoms with van der Waals surface area (Å²) >= 11 is 0. The second-order valence-corrected chi connectivity index (χ2v) is 11.0. The smallest absolute Gasteiger partial charge is 0.343 e. The van der Waals surface area contributed by atoms with Gasteiger partial charge in [0.25, 0.3) is 5.56 Å². The molecule has 3 aromatic rings. The number of nitrogens with zero attached hydrogens (tertiary/aromatic N) is 3. The molecular weight excluding hydrogens is 489 g/mol. The zero-order valence-corrected chi connectivity index (χ0v) is 22.1. The molecule has 3 aliphatic rings. The van der Waals surface area contributed by atoms with Crippen LogP contribution in [-0.4, -0.2) is 57.4 Å². The van der Waals surface area contributed by atoms with Crippen LogP contribution in [0.3, 0.4) is 0 Å². The number of aromatic nitrogens is 2. The van der Waals surface area contributed by atoms with Gasteiger partial charge in [-0.1, -0.05) is 6.92 Å². The lowest BCUT2D eigenvalue weighted by molar-refractivity contribution is -0.172. The van der Waals surface area contributed by atoms with Gasteiger partial charge in [-0.3, -0.25) is 4.79 Å². The van der Waals surface area contributed by atoms with Gasteiger partial charge >= 0.3 is 5.97 Å². The number of pyridine rings is 2. The van der Waals surface area contributed by atoms with Gasteiger partial charge in [-0.2, -0.15) is 0 Å². The van der Waals surface area contributed by atoms with Crippen molar-refractivity contribution in [2.24, 2.45) is 0 Å². The number of cyclic esters (lactones) is 1. The number of hydrogen-bond acceptors (Lipinski definition) is 7. The molecule has 0 radical (unpaired) electrons. The van der Waals surface area contributed by atoms with Crippen LogP contribution in [0.25, 0.3) is 22.3 Å². The molecule has 0 unspecified atom stereocenters. The predicted molar refractivity (Wildman–Crippen MR) is 139 cm³/mol. The van der Waals surface area contributed by atoms with Crippen LogP contribution in [0.1, 0.15) is 65.5 Å². The van der Waals surface area contributed by atoms with Crippen molar-refractivity contribution in [3.63, 3.8) is 0 Å². The number of carbonyl (C=O) groups excluding carboxylic acids is 1. The van der Waals surface area contributed by atoms with Crippen LogP contribution in [0.15, 0.2) is 16.9 Å². The van der Waals surface area contributed by atoms with Gasteiger partial charge < -0.3 is 24.4 Å². The van der Waals surface area contributed by atoms with Gasteiger partial charge in [0.05, 0.1) is 29.0 Å². The molecule has 6 rings (SSSR count). The second-order valence-electron chi connectivity index (χ2n) is 11.0. The maximum absolute atomic E-state index is 15.1. The minimum Gasteiger partial charge on any atom is -0.458 e. The molecule has 8 nitrogen and oxygen atoms in total. The van der Waals surface area contributed by atoms with Crippen molar-refractivity contribution in [3.8, 4) is 11.4 Å². The van der Waals surface area contributed by atoms with Crippen LogP contribution in [0.2, 0.25) is 0 Å². The molecule has 38 heavy (non-hydrogen) atoms. The highest BCUT2D eigenvalue weighted by molar-refractivity contribution is 5.93. The van der Waals surface area contributed by atoms with E-state index in [0.29, 0.717) is 41.9 Å². The van der Waals surface area contributed by atoms with Crippen LogP contribution in [-0.2, 0) is 34.7 Å². The number of ether oxygens (including phenoxy) is 1. The molecule has 1 aromatic carbocycles. The van der Waals surface area contributed by atoms with E-state index in [2.05, 4.69) is 4.90 Å². The Hall–Kier alpha value is -3.14. The number of carbonyl (C=O) groups is 1. The standard InChI is InChI=1S/C29H32FN3O5/c1-5-29(37)19-10-23-26-17(12-33(23)27(35)18(19)13-38-28(29)36)24-16(22(8-9-34)32(3)4)7-6-15-14(2)20(30)11-21(31-26)25(15)24/h10-11,16,22,34,37H,5-9,12-13H2,1-4H3/t16-,22+,29+/m1/s1. The summed E-state index contributed by atoms with van der Waals surface area (Å²) in [6, 6.07) is 3.20. The molecule has 2 aliphatic heterocycles. The molecule has 1 aliphatic carbocycles. The van der Waals surface area contributed by atoms with Crippen molar-refractivity contribution in [3.05, 3.63) is 61.7 Å². The number of aliphatic hydroxyl groups excluding tert-OH is 1. The topological polar surface area (TPSA) is 105 Å². The molecule has 2 aromatic heterocycles. The fourth-order valence-corrected chi connectivity index (χ4v) is 6.93. The minimum absolute atomic E-state index is 0.0399. The van der Waals surface area contributed by atoms with E-state index >= 15 is 4.39 Å². The summed E-state index contributed by atoms with van der Waals surface area (Å²) < 4.78 is 21.9. The molecule has 0 amide bonds. The molecule has 200 valence electrons. The van der Waals surface area contributed by atoms with Crippen LogP contribution in [0.4, 0.5) is 4.39 Å². The number of halogens is 1. The summed E-state index contributed by atoms with van der Waals surface area (Å²) in [5.41, 5.74) is 3.46. The highest BCUT2D eigenvalue weighted by Crippen LogP contribution is 2.48. The predicted octanol–water partition coefficient (Wildman–Crippen LogP) is 2.87. The van der Waals surface area contributed by atoms with Crippen molar-refractivity contribution in [2.75, 3.05) is 20.7 Å². The molecule has 0 saturated carbocycles. The number of aliphatic hydroxyl groups is 2. The Bertz CT molecular complexity index is 1580. The lowest BCUT2D eigenvalue weighted by Gasteiger charge is -2.37. The Morgan fingerprint density at radius 3 is 2.71 bits per heavy atom. The third-order valence-electron chi connectivity index (χ3n) is 8.98. The number of hydrogen-bond donors (Lipinski definition) is 2. The van der Waals surface area contributed by atoms with Crippen molar-refractivity contribution >= 4 is 16.9 Å². The zero-order valence-electron chi connectivity index (χ0n) is 22.1. The number of fused-ring (bicyclic) bond motifs is 5. The number of rotatable bonds is 5. The SMILES string of the molecule is CC[C@@]1(O)C(=O)OCc2c1cc1n(c2=O)Cc2c-1nc1cc(F)c(C)c3c1c2[C@@H]([C@H](CCO)N(C)C)CC3. The summed E-state index contributed by atoms with van der Waals surface area (Å²) in [7, 11) is 4.00. The van der Waals surface area contributed by atoms with Crippen LogP contribution in [0, 0.1) is 12.7 Å². The second kappa shape index (κ2) is 8.69. The number of benzene rings is 1. The summed E-state index contributed by atoms with van der Waals surface area (Å²) in [5, 5.41) is 22.0. The maximum Gasteiger partial charge on any atom is 0.343 e. The molecule has 0 saturated heterocycles. The average molecular weight is 522 g/mol. The highest BCUT2D eigenvalue weighted by atomic mass is 19.1. The first kappa shape index (κ1) is 25.2. The highest BCUT2D eigenvalue weighted by Gasteiger charge is 2.46. The Kier molecular flexibility index (Phi) is 5.75. The quantitative estimate of drug-likeness (QED) is 0.389. The summed E-state index contributed by atoms with van der Waals surface area (Å²) in [5.74, 6) is -1.03. The average Bonchev–Trinajstić information content (AvgIpc) is 3.27. The van der Waals surface area contributed by atoms with E-state index in [1.54, 1.807) is 24.5 Å². The van der Waals surface area contributed by atoms with Crippen molar-refractivity contribution in [1.82, 2.24) is 14.5 Å². The minimum atomic E-state index is -1.91. The van der Waals surface area contributed by atoms with Gasteiger partial charge in [-0.15, -0.1) is 0 Å². The summed E-state index contributed by atoms with van der Waals surface area (Å²) in [6.07, 6.45) is 2.13. The number of aryl methyl sites for hydroxylation is 1. The van der Waals surface area contributed by atoms with E-state index in [9.17, 15) is 19.8 Å².